The summed E-state index contributed by atoms with van der Waals surface area (Å²) in [5.74, 6) is -2.44. The standard InChI is InChI=1S/C23H21FN2O5S2/c24-10-5-3-9(4-6-10)14-15-11-8-12(18(15)32-20-19(14)33-23(31)25-20)17-16(11)21(29)26(22(17)30)7-1-2-13(27)28/h3-6,11-12,14-18H,1-2,7-8H2,(H,25,31)(H,27,28)/t11-,12-,14+,15-,16+,17-,18-/m1/s1. The number of thiazole rings is 1. The number of imide groups is 1. The first-order valence-corrected chi connectivity index (χ1v) is 12.8. The molecule has 0 radical (unpaired) electrons. The van der Waals surface area contributed by atoms with Crippen molar-refractivity contribution in [2.45, 2.75) is 35.5 Å². The predicted octanol–water partition coefficient (Wildman–Crippen LogP) is 2.91. The Bertz CT molecular complexity index is 1220. The van der Waals surface area contributed by atoms with Gasteiger partial charge < -0.3 is 10.1 Å². The molecular weight excluding hydrogens is 467 g/mol. The average molecular weight is 489 g/mol. The molecule has 0 spiro atoms. The summed E-state index contributed by atoms with van der Waals surface area (Å²) in [7, 11) is 0. The third-order valence-electron chi connectivity index (χ3n) is 7.82. The number of rotatable bonds is 5. The van der Waals surface area contributed by atoms with Gasteiger partial charge in [0.15, 0.2) is 0 Å². The second-order valence-corrected chi connectivity index (χ2v) is 11.5. The molecule has 3 heterocycles. The lowest BCUT2D eigenvalue weighted by Crippen LogP contribution is -2.42. The zero-order chi connectivity index (χ0) is 23.0. The predicted molar refractivity (Wildman–Crippen MR) is 118 cm³/mol. The van der Waals surface area contributed by atoms with Gasteiger partial charge in [-0.1, -0.05) is 23.5 Å². The number of carboxylic acid groups (broad SMARTS) is 1. The Hall–Kier alpha value is -2.46. The summed E-state index contributed by atoms with van der Waals surface area (Å²) in [6.07, 6.45) is 0.954. The monoisotopic (exact) mass is 488 g/mol. The molecule has 2 aliphatic heterocycles. The van der Waals surface area contributed by atoms with Crippen LogP contribution >= 0.6 is 23.1 Å². The molecule has 2 amide bonds. The van der Waals surface area contributed by atoms with Crippen LogP contribution in [-0.4, -0.2) is 44.6 Å². The number of aromatic amines is 1. The van der Waals surface area contributed by atoms with E-state index in [2.05, 4.69) is 4.98 Å². The smallest absolute Gasteiger partial charge is 0.305 e. The zero-order valence-corrected chi connectivity index (χ0v) is 19.0. The van der Waals surface area contributed by atoms with E-state index in [-0.39, 0.29) is 76.7 Å². The number of nitrogens with one attached hydrogen (secondary N) is 1. The number of nitrogens with zero attached hydrogens (tertiary/aromatic N) is 1. The van der Waals surface area contributed by atoms with E-state index in [4.69, 9.17) is 5.11 Å². The molecule has 3 fully saturated rings. The number of benzene rings is 1. The molecule has 7 atom stereocenters. The van der Waals surface area contributed by atoms with E-state index in [1.54, 1.807) is 23.9 Å². The highest BCUT2D eigenvalue weighted by molar-refractivity contribution is 8.00. The second-order valence-electron chi connectivity index (χ2n) is 9.34. The number of aromatic nitrogens is 1. The fourth-order valence-electron chi connectivity index (χ4n) is 6.73. The minimum absolute atomic E-state index is 0.00108. The quantitative estimate of drug-likeness (QED) is 0.627. The molecule has 0 unspecified atom stereocenters. The lowest BCUT2D eigenvalue weighted by Gasteiger charge is -2.43. The molecular formula is C23H21FN2O5S2. The highest BCUT2D eigenvalue weighted by Crippen LogP contribution is 2.68. The van der Waals surface area contributed by atoms with Crippen molar-refractivity contribution in [2.24, 2.45) is 29.6 Å². The molecule has 6 rings (SSSR count). The number of amides is 2. The molecule has 172 valence electrons. The summed E-state index contributed by atoms with van der Waals surface area (Å²) in [6.45, 7) is 0.140. The van der Waals surface area contributed by atoms with E-state index in [0.29, 0.717) is 0 Å². The van der Waals surface area contributed by atoms with E-state index in [0.717, 1.165) is 21.9 Å². The minimum atomic E-state index is -0.945. The second kappa shape index (κ2) is 7.53. The molecule has 2 N–H and O–H groups in total. The SMILES string of the molecule is O=C(O)CCCN1C(=O)[C@@H]2[C@H]3C[C@@H]([C@@H]2C1=O)[C@@H]1[C@H](c2ccc(F)cc2)c2sc(=O)[nH]c2S[C@H]31. The number of aliphatic carboxylic acids is 1. The van der Waals surface area contributed by atoms with Crippen molar-refractivity contribution >= 4 is 40.9 Å². The Morgan fingerprint density at radius 3 is 2.52 bits per heavy atom. The molecule has 2 bridgehead atoms. The maximum atomic E-state index is 13.7. The topological polar surface area (TPSA) is 108 Å². The van der Waals surface area contributed by atoms with Crippen LogP contribution in [0.25, 0.3) is 0 Å². The van der Waals surface area contributed by atoms with Gasteiger partial charge in [0.25, 0.3) is 0 Å². The van der Waals surface area contributed by atoms with E-state index in [1.807, 2.05) is 0 Å². The highest BCUT2D eigenvalue weighted by atomic mass is 32.2. The van der Waals surface area contributed by atoms with E-state index >= 15 is 0 Å². The lowest BCUT2D eigenvalue weighted by molar-refractivity contribution is -0.142. The summed E-state index contributed by atoms with van der Waals surface area (Å²) in [5, 5.41) is 9.82. The molecule has 1 aromatic carbocycles. The number of fused-ring (bicyclic) bond motifs is 9. The highest BCUT2D eigenvalue weighted by Gasteiger charge is 2.69. The molecule has 1 aromatic heterocycles. The lowest BCUT2D eigenvalue weighted by atomic mass is 9.68. The first kappa shape index (κ1) is 21.1. The number of thioether (sulfide) groups is 1. The Morgan fingerprint density at radius 2 is 1.82 bits per heavy atom. The third-order valence-corrected chi connectivity index (χ3v) is 10.4. The van der Waals surface area contributed by atoms with Crippen LogP contribution in [0.1, 0.15) is 35.6 Å². The summed E-state index contributed by atoms with van der Waals surface area (Å²) in [5.41, 5.74) is 0.919. The van der Waals surface area contributed by atoms with Crippen LogP contribution in [0.3, 0.4) is 0 Å². The van der Waals surface area contributed by atoms with Gasteiger partial charge in [-0.2, -0.15) is 0 Å². The molecule has 2 aromatic rings. The van der Waals surface area contributed by atoms with Crippen molar-refractivity contribution in [1.29, 1.82) is 0 Å². The van der Waals surface area contributed by atoms with Crippen LogP contribution in [0.5, 0.6) is 0 Å². The Morgan fingerprint density at radius 1 is 1.12 bits per heavy atom. The van der Waals surface area contributed by atoms with Crippen molar-refractivity contribution in [3.63, 3.8) is 0 Å². The normalized spacial score (nSPS) is 33.8. The molecule has 1 saturated heterocycles. The summed E-state index contributed by atoms with van der Waals surface area (Å²) >= 11 is 2.78. The van der Waals surface area contributed by atoms with Gasteiger partial charge in [-0.25, -0.2) is 4.39 Å². The van der Waals surface area contributed by atoms with Gasteiger partial charge in [0.2, 0.25) is 11.8 Å². The largest absolute Gasteiger partial charge is 0.481 e. The number of hydrogen-bond acceptors (Lipinski definition) is 6. The van der Waals surface area contributed by atoms with Gasteiger partial charge >= 0.3 is 10.8 Å². The zero-order valence-electron chi connectivity index (χ0n) is 17.4. The Kier molecular flexibility index (Phi) is 4.81. The van der Waals surface area contributed by atoms with Crippen LogP contribution in [0.4, 0.5) is 4.39 Å². The fraction of sp³-hybridized carbons (Fsp3) is 0.478. The van der Waals surface area contributed by atoms with Crippen molar-refractivity contribution in [1.82, 2.24) is 9.88 Å². The third kappa shape index (κ3) is 3.06. The first-order valence-electron chi connectivity index (χ1n) is 11.1. The van der Waals surface area contributed by atoms with E-state index in [9.17, 15) is 23.6 Å². The number of carbonyl (C=O) groups excluding carboxylic acids is 2. The average Bonchev–Trinajstić information content (AvgIpc) is 3.49. The fourth-order valence-corrected chi connectivity index (χ4v) is 9.62. The Labute approximate surface area is 196 Å². The van der Waals surface area contributed by atoms with Crippen molar-refractivity contribution < 1.29 is 23.9 Å². The van der Waals surface area contributed by atoms with Crippen molar-refractivity contribution in [3.05, 3.63) is 50.2 Å². The molecule has 2 saturated carbocycles. The van der Waals surface area contributed by atoms with Crippen LogP contribution in [-0.2, 0) is 14.4 Å². The summed E-state index contributed by atoms with van der Waals surface area (Å²) in [6, 6.07) is 6.35. The van der Waals surface area contributed by atoms with Gasteiger partial charge in [0.05, 0.1) is 16.9 Å². The van der Waals surface area contributed by atoms with Gasteiger partial charge in [-0.15, -0.1) is 11.8 Å². The number of H-pyrrole nitrogens is 1. The molecule has 4 aliphatic rings. The minimum Gasteiger partial charge on any atom is -0.481 e. The molecule has 7 nitrogen and oxygen atoms in total. The number of carbonyl (C=O) groups is 3. The molecule has 33 heavy (non-hydrogen) atoms. The van der Waals surface area contributed by atoms with Crippen molar-refractivity contribution in [3.8, 4) is 0 Å². The van der Waals surface area contributed by atoms with E-state index in [1.165, 1.54) is 28.4 Å². The van der Waals surface area contributed by atoms with Gasteiger partial charge in [-0.05, 0) is 48.3 Å². The van der Waals surface area contributed by atoms with E-state index < -0.39 is 11.9 Å². The van der Waals surface area contributed by atoms with Crippen LogP contribution < -0.4 is 4.87 Å². The van der Waals surface area contributed by atoms with Crippen LogP contribution in [0.2, 0.25) is 0 Å². The molecule has 10 heteroatoms. The van der Waals surface area contributed by atoms with Crippen LogP contribution in [0, 0.1) is 35.4 Å². The number of likely N-dealkylation sites (tertiary alicyclic amines) is 1. The van der Waals surface area contributed by atoms with Gasteiger partial charge in [0.1, 0.15) is 5.82 Å². The summed E-state index contributed by atoms with van der Waals surface area (Å²) < 4.78 is 13.7. The number of hydrogen-bond donors (Lipinski definition) is 2. The maximum Gasteiger partial charge on any atom is 0.305 e. The van der Waals surface area contributed by atoms with Crippen LogP contribution in [0.15, 0.2) is 34.1 Å². The first-order chi connectivity index (χ1) is 15.8. The van der Waals surface area contributed by atoms with Gasteiger partial charge in [0, 0.05) is 29.0 Å². The number of halogens is 1. The van der Waals surface area contributed by atoms with Crippen molar-refractivity contribution in [2.75, 3.05) is 6.54 Å². The summed E-state index contributed by atoms with van der Waals surface area (Å²) in [4.78, 5) is 54.7. The number of carboxylic acids is 1. The Balaban J connectivity index is 1.37. The van der Waals surface area contributed by atoms with Gasteiger partial charge in [-0.3, -0.25) is 24.1 Å². The maximum absolute atomic E-state index is 13.7. The molecule has 2 aliphatic carbocycles.